The molecule has 0 atom stereocenters. The largest absolute Gasteiger partial charge is 0.330 e. The summed E-state index contributed by atoms with van der Waals surface area (Å²) in [6.45, 7) is 6.61. The number of nitrogens with two attached hydrogens (primary N) is 1. The number of thiophene rings is 1. The van der Waals surface area contributed by atoms with E-state index in [9.17, 15) is 4.79 Å². The van der Waals surface area contributed by atoms with Gasteiger partial charge in [0.15, 0.2) is 0 Å². The van der Waals surface area contributed by atoms with E-state index in [1.807, 2.05) is 20.8 Å². The number of H-pyrrole nitrogens is 1. The van der Waals surface area contributed by atoms with Gasteiger partial charge in [-0.15, -0.1) is 11.3 Å². The van der Waals surface area contributed by atoms with Crippen LogP contribution in [-0.2, 0) is 6.42 Å². The topological polar surface area (TPSA) is 71.8 Å². The molecule has 5 heteroatoms. The van der Waals surface area contributed by atoms with Crippen LogP contribution in [0.3, 0.4) is 0 Å². The van der Waals surface area contributed by atoms with E-state index in [0.29, 0.717) is 6.54 Å². The molecule has 0 fully saturated rings. The van der Waals surface area contributed by atoms with Gasteiger partial charge in [-0.05, 0) is 25.5 Å². The van der Waals surface area contributed by atoms with Gasteiger partial charge in [0, 0.05) is 10.8 Å². The maximum atomic E-state index is 12.0. The number of nitrogens with one attached hydrogen (secondary N) is 1. The van der Waals surface area contributed by atoms with Crippen molar-refractivity contribution >= 4 is 21.6 Å². The third-order valence-corrected chi connectivity index (χ3v) is 4.08. The lowest BCUT2D eigenvalue weighted by molar-refractivity contribution is 0.778. The zero-order valence-corrected chi connectivity index (χ0v) is 11.1. The lowest BCUT2D eigenvalue weighted by atomic mass is 10.1. The number of aromatic amines is 1. The van der Waals surface area contributed by atoms with Gasteiger partial charge in [0.1, 0.15) is 10.7 Å². The van der Waals surface area contributed by atoms with E-state index in [4.69, 9.17) is 5.73 Å². The van der Waals surface area contributed by atoms with Gasteiger partial charge in [-0.2, -0.15) is 0 Å². The third kappa shape index (κ3) is 2.12. The van der Waals surface area contributed by atoms with E-state index in [0.717, 1.165) is 28.0 Å². The smallest absolute Gasteiger partial charge is 0.259 e. The maximum absolute atomic E-state index is 12.0. The van der Waals surface area contributed by atoms with Crippen LogP contribution in [0, 0.1) is 6.92 Å². The molecule has 17 heavy (non-hydrogen) atoms. The molecule has 2 aromatic heterocycles. The fraction of sp³-hybridized carbons (Fsp3) is 0.500. The average Bonchev–Trinajstić information content (AvgIpc) is 2.56. The summed E-state index contributed by atoms with van der Waals surface area (Å²) in [5.41, 5.74) is 6.56. The Morgan fingerprint density at radius 3 is 2.76 bits per heavy atom. The molecule has 0 spiro atoms. The molecule has 3 N–H and O–H groups in total. The summed E-state index contributed by atoms with van der Waals surface area (Å²) >= 11 is 1.58. The Morgan fingerprint density at radius 1 is 1.47 bits per heavy atom. The quantitative estimate of drug-likeness (QED) is 0.875. The van der Waals surface area contributed by atoms with Crippen molar-refractivity contribution in [3.8, 4) is 0 Å². The molecule has 0 aromatic carbocycles. The van der Waals surface area contributed by atoms with Gasteiger partial charge in [-0.3, -0.25) is 4.79 Å². The fourth-order valence-corrected chi connectivity index (χ4v) is 3.05. The van der Waals surface area contributed by atoms with Crippen LogP contribution in [0.2, 0.25) is 0 Å². The Labute approximate surface area is 104 Å². The zero-order valence-electron chi connectivity index (χ0n) is 10.3. The third-order valence-electron chi connectivity index (χ3n) is 2.84. The van der Waals surface area contributed by atoms with Gasteiger partial charge in [0.2, 0.25) is 0 Å². The van der Waals surface area contributed by atoms with Crippen molar-refractivity contribution < 1.29 is 0 Å². The molecule has 0 amide bonds. The molecule has 92 valence electrons. The molecule has 2 rings (SSSR count). The SMILES string of the molecule is Cc1c(CCN)sc2nc(C(C)C)[nH]c(=O)c12. The molecular weight excluding hydrogens is 234 g/mol. The van der Waals surface area contributed by atoms with Crippen LogP contribution in [0.1, 0.15) is 36.0 Å². The zero-order chi connectivity index (χ0) is 12.6. The molecule has 0 unspecified atom stereocenters. The summed E-state index contributed by atoms with van der Waals surface area (Å²) < 4.78 is 0. The number of nitrogens with zero attached hydrogens (tertiary/aromatic N) is 1. The molecule has 0 radical (unpaired) electrons. The molecule has 0 saturated heterocycles. The van der Waals surface area contributed by atoms with Gasteiger partial charge >= 0.3 is 0 Å². The van der Waals surface area contributed by atoms with Crippen LogP contribution < -0.4 is 11.3 Å². The normalized spacial score (nSPS) is 11.6. The van der Waals surface area contributed by atoms with Crippen LogP contribution in [-0.4, -0.2) is 16.5 Å². The Hall–Kier alpha value is -1.20. The summed E-state index contributed by atoms with van der Waals surface area (Å²) in [6, 6.07) is 0. The first-order chi connectivity index (χ1) is 8.04. The number of aryl methyl sites for hydroxylation is 1. The van der Waals surface area contributed by atoms with Gasteiger partial charge in [0.25, 0.3) is 5.56 Å². The molecular formula is C12H17N3OS. The van der Waals surface area contributed by atoms with E-state index in [2.05, 4.69) is 9.97 Å². The second kappa shape index (κ2) is 4.58. The standard InChI is InChI=1S/C12H17N3OS/c1-6(2)10-14-11(16)9-7(3)8(4-5-13)17-12(9)15-10/h6H,4-5,13H2,1-3H3,(H,14,15,16). The van der Waals surface area contributed by atoms with Gasteiger partial charge in [0.05, 0.1) is 5.39 Å². The van der Waals surface area contributed by atoms with Crippen molar-refractivity contribution in [3.63, 3.8) is 0 Å². The molecule has 0 aliphatic carbocycles. The van der Waals surface area contributed by atoms with Crippen LogP contribution in [0.4, 0.5) is 0 Å². The Kier molecular flexibility index (Phi) is 3.31. The fourth-order valence-electron chi connectivity index (χ4n) is 1.85. The lowest BCUT2D eigenvalue weighted by Gasteiger charge is -2.03. The first-order valence-corrected chi connectivity index (χ1v) is 6.58. The summed E-state index contributed by atoms with van der Waals surface area (Å²) in [5.74, 6) is 0.982. The monoisotopic (exact) mass is 251 g/mol. The molecule has 0 aliphatic rings. The van der Waals surface area contributed by atoms with E-state index in [1.165, 1.54) is 4.88 Å². The van der Waals surface area contributed by atoms with Crippen LogP contribution in [0.15, 0.2) is 4.79 Å². The van der Waals surface area contributed by atoms with Crippen LogP contribution in [0.25, 0.3) is 10.2 Å². The summed E-state index contributed by atoms with van der Waals surface area (Å²) in [7, 11) is 0. The molecule has 2 heterocycles. The Morgan fingerprint density at radius 2 is 2.18 bits per heavy atom. The molecule has 0 aliphatic heterocycles. The van der Waals surface area contributed by atoms with Crippen molar-refractivity contribution in [3.05, 3.63) is 26.6 Å². The van der Waals surface area contributed by atoms with Crippen molar-refractivity contribution in [1.29, 1.82) is 0 Å². The highest BCUT2D eigenvalue weighted by Gasteiger charge is 2.14. The number of aromatic nitrogens is 2. The van der Waals surface area contributed by atoms with Gasteiger partial charge < -0.3 is 10.7 Å². The van der Waals surface area contributed by atoms with Crippen LogP contribution in [0.5, 0.6) is 0 Å². The van der Waals surface area contributed by atoms with E-state index in [-0.39, 0.29) is 11.5 Å². The predicted octanol–water partition coefficient (Wildman–Crippen LogP) is 1.92. The molecule has 4 nitrogen and oxygen atoms in total. The van der Waals surface area contributed by atoms with E-state index >= 15 is 0 Å². The highest BCUT2D eigenvalue weighted by atomic mass is 32.1. The molecule has 0 saturated carbocycles. The minimum atomic E-state index is -0.0317. The highest BCUT2D eigenvalue weighted by molar-refractivity contribution is 7.18. The highest BCUT2D eigenvalue weighted by Crippen LogP contribution is 2.27. The number of hydrogen-bond donors (Lipinski definition) is 2. The number of rotatable bonds is 3. The van der Waals surface area contributed by atoms with Gasteiger partial charge in [-0.1, -0.05) is 13.8 Å². The number of fused-ring (bicyclic) bond motifs is 1. The maximum Gasteiger partial charge on any atom is 0.259 e. The van der Waals surface area contributed by atoms with E-state index in [1.54, 1.807) is 11.3 Å². The minimum Gasteiger partial charge on any atom is -0.330 e. The van der Waals surface area contributed by atoms with Crippen LogP contribution >= 0.6 is 11.3 Å². The summed E-state index contributed by atoms with van der Waals surface area (Å²) in [5, 5.41) is 0.725. The van der Waals surface area contributed by atoms with Crippen molar-refractivity contribution in [2.45, 2.75) is 33.1 Å². The average molecular weight is 251 g/mol. The van der Waals surface area contributed by atoms with Crippen molar-refractivity contribution in [1.82, 2.24) is 9.97 Å². The second-order valence-corrected chi connectivity index (χ2v) is 5.56. The lowest BCUT2D eigenvalue weighted by Crippen LogP contribution is -2.12. The van der Waals surface area contributed by atoms with Gasteiger partial charge in [-0.25, -0.2) is 4.98 Å². The van der Waals surface area contributed by atoms with Crippen molar-refractivity contribution in [2.75, 3.05) is 6.54 Å². The van der Waals surface area contributed by atoms with E-state index < -0.39 is 0 Å². The Bertz CT molecular complexity index is 598. The first-order valence-electron chi connectivity index (χ1n) is 5.76. The second-order valence-electron chi connectivity index (χ2n) is 4.47. The summed E-state index contributed by atoms with van der Waals surface area (Å²) in [6.07, 6.45) is 0.809. The Balaban J connectivity index is 2.69. The van der Waals surface area contributed by atoms with Crippen molar-refractivity contribution in [2.24, 2.45) is 5.73 Å². The minimum absolute atomic E-state index is 0.0317. The summed E-state index contributed by atoms with van der Waals surface area (Å²) in [4.78, 5) is 21.4. The first kappa shape index (κ1) is 12.3. The molecule has 2 aromatic rings. The molecule has 0 bridgehead atoms. The predicted molar refractivity (Wildman–Crippen MR) is 71.8 cm³/mol. The number of hydrogen-bond acceptors (Lipinski definition) is 4.